The Kier molecular flexibility index (Phi) is 7.80. The van der Waals surface area contributed by atoms with E-state index in [-0.39, 0.29) is 17.7 Å². The van der Waals surface area contributed by atoms with Gasteiger partial charge in [-0.05, 0) is 66.9 Å². The van der Waals surface area contributed by atoms with Gasteiger partial charge in [0.1, 0.15) is 23.6 Å². The zero-order valence-corrected chi connectivity index (χ0v) is 18.2. The Hall–Kier alpha value is -2.83. The van der Waals surface area contributed by atoms with Crippen molar-refractivity contribution in [1.29, 1.82) is 0 Å². The molecule has 1 aliphatic heterocycles. The number of benzene rings is 2. The highest BCUT2D eigenvalue weighted by Gasteiger charge is 2.18. The van der Waals surface area contributed by atoms with E-state index in [1.54, 1.807) is 24.3 Å². The number of halogens is 2. The fraction of sp³-hybridized carbons (Fsp3) is 0.346. The molecular weight excluding hydrogens is 408 g/mol. The Labute approximate surface area is 188 Å². The van der Waals surface area contributed by atoms with Crippen LogP contribution in [0.2, 0.25) is 0 Å². The van der Waals surface area contributed by atoms with E-state index >= 15 is 0 Å². The average Bonchev–Trinajstić information content (AvgIpc) is 2.84. The molecule has 2 aromatic carbocycles. The van der Waals surface area contributed by atoms with Gasteiger partial charge in [0.15, 0.2) is 0 Å². The number of hydrogen-bond acceptors (Lipinski definition) is 4. The van der Waals surface area contributed by atoms with Gasteiger partial charge in [0.25, 0.3) is 0 Å². The minimum atomic E-state index is -0.335. The monoisotopic (exact) mass is 437 g/mol. The van der Waals surface area contributed by atoms with Crippen molar-refractivity contribution in [3.63, 3.8) is 0 Å². The number of nitrogens with zero attached hydrogens (tertiary/aromatic N) is 3. The van der Waals surface area contributed by atoms with Gasteiger partial charge in [-0.15, -0.1) is 0 Å². The SMILES string of the molecule is Fc1ccc(C(OCCCCN2CCN(c3ccccn3)CC2)c2ccc(F)cc2)cc1. The summed E-state index contributed by atoms with van der Waals surface area (Å²) >= 11 is 0. The van der Waals surface area contributed by atoms with Crippen molar-refractivity contribution in [3.8, 4) is 0 Å². The summed E-state index contributed by atoms with van der Waals surface area (Å²) in [4.78, 5) is 9.25. The summed E-state index contributed by atoms with van der Waals surface area (Å²) in [6.07, 6.45) is 3.48. The lowest BCUT2D eigenvalue weighted by atomic mass is 10.0. The number of pyridine rings is 1. The molecule has 32 heavy (non-hydrogen) atoms. The van der Waals surface area contributed by atoms with Crippen LogP contribution in [0, 0.1) is 11.6 Å². The second kappa shape index (κ2) is 11.2. The second-order valence-corrected chi connectivity index (χ2v) is 8.08. The zero-order chi connectivity index (χ0) is 22.2. The van der Waals surface area contributed by atoms with Crippen LogP contribution in [-0.4, -0.2) is 49.2 Å². The largest absolute Gasteiger partial charge is 0.369 e. The number of anilines is 1. The Balaban J connectivity index is 1.23. The number of hydrogen-bond donors (Lipinski definition) is 0. The normalized spacial score (nSPS) is 14.8. The molecule has 0 amide bonds. The smallest absolute Gasteiger partial charge is 0.128 e. The molecule has 1 aliphatic rings. The molecule has 0 aliphatic carbocycles. The molecule has 4 rings (SSSR count). The van der Waals surface area contributed by atoms with Gasteiger partial charge in [0.2, 0.25) is 0 Å². The molecule has 0 bridgehead atoms. The van der Waals surface area contributed by atoms with Gasteiger partial charge < -0.3 is 9.64 Å². The predicted molar refractivity (Wildman–Crippen MR) is 123 cm³/mol. The van der Waals surface area contributed by atoms with Crippen molar-refractivity contribution in [3.05, 3.63) is 95.7 Å². The Morgan fingerprint density at radius 2 is 1.41 bits per heavy atom. The van der Waals surface area contributed by atoms with E-state index in [9.17, 15) is 8.78 Å². The molecule has 0 spiro atoms. The number of ether oxygens (including phenoxy) is 1. The molecular formula is C26H29F2N3O. The van der Waals surface area contributed by atoms with Crippen molar-refractivity contribution in [2.75, 3.05) is 44.2 Å². The summed E-state index contributed by atoms with van der Waals surface area (Å²) in [7, 11) is 0. The Morgan fingerprint density at radius 3 is 1.97 bits per heavy atom. The maximum absolute atomic E-state index is 13.4. The molecule has 168 valence electrons. The topological polar surface area (TPSA) is 28.6 Å². The van der Waals surface area contributed by atoms with E-state index in [0.29, 0.717) is 6.61 Å². The van der Waals surface area contributed by atoms with Gasteiger partial charge in [-0.25, -0.2) is 13.8 Å². The predicted octanol–water partition coefficient (Wildman–Crippen LogP) is 5.07. The van der Waals surface area contributed by atoms with Crippen LogP contribution >= 0.6 is 0 Å². The summed E-state index contributed by atoms with van der Waals surface area (Å²) in [6, 6.07) is 18.7. The third kappa shape index (κ3) is 6.11. The maximum atomic E-state index is 13.4. The summed E-state index contributed by atoms with van der Waals surface area (Å²) in [5.41, 5.74) is 1.73. The lowest BCUT2D eigenvalue weighted by Crippen LogP contribution is -2.46. The third-order valence-corrected chi connectivity index (χ3v) is 5.84. The number of rotatable bonds is 9. The standard InChI is InChI=1S/C26H29F2N3O/c27-23-10-6-21(7-11-23)26(22-8-12-24(28)13-9-22)32-20-4-3-15-30-16-18-31(19-17-30)25-5-1-2-14-29-25/h1-2,5-14,26H,3-4,15-20H2. The van der Waals surface area contributed by atoms with Gasteiger partial charge in [0, 0.05) is 39.0 Å². The second-order valence-electron chi connectivity index (χ2n) is 8.08. The van der Waals surface area contributed by atoms with Crippen molar-refractivity contribution in [2.45, 2.75) is 18.9 Å². The van der Waals surface area contributed by atoms with Gasteiger partial charge >= 0.3 is 0 Å². The van der Waals surface area contributed by atoms with Crippen molar-refractivity contribution in [1.82, 2.24) is 9.88 Å². The number of aromatic nitrogens is 1. The minimum absolute atomic E-state index is 0.283. The van der Waals surface area contributed by atoms with E-state index in [2.05, 4.69) is 20.9 Å². The molecule has 0 atom stereocenters. The number of unbranched alkanes of at least 4 members (excludes halogenated alkanes) is 1. The summed E-state index contributed by atoms with van der Waals surface area (Å²) in [6.45, 7) is 5.68. The quantitative estimate of drug-likeness (QED) is 0.437. The van der Waals surface area contributed by atoms with Crippen molar-refractivity contribution < 1.29 is 13.5 Å². The van der Waals surface area contributed by atoms with Crippen molar-refractivity contribution >= 4 is 5.82 Å². The molecule has 0 N–H and O–H groups in total. The van der Waals surface area contributed by atoms with Crippen LogP contribution in [-0.2, 0) is 4.74 Å². The van der Waals surface area contributed by atoms with Gasteiger partial charge in [0.05, 0.1) is 0 Å². The maximum Gasteiger partial charge on any atom is 0.128 e. The van der Waals surface area contributed by atoms with Crippen LogP contribution in [0.5, 0.6) is 0 Å². The lowest BCUT2D eigenvalue weighted by molar-refractivity contribution is 0.0750. The summed E-state index contributed by atoms with van der Waals surface area (Å²) in [5, 5.41) is 0. The van der Waals surface area contributed by atoms with E-state index < -0.39 is 0 Å². The first-order chi connectivity index (χ1) is 15.7. The Morgan fingerprint density at radius 1 is 0.781 bits per heavy atom. The van der Waals surface area contributed by atoms with Crippen LogP contribution in [0.25, 0.3) is 0 Å². The van der Waals surface area contributed by atoms with E-state index in [1.807, 2.05) is 18.3 Å². The summed E-state index contributed by atoms with van der Waals surface area (Å²) < 4.78 is 32.9. The fourth-order valence-corrected chi connectivity index (χ4v) is 4.04. The molecule has 1 fully saturated rings. The molecule has 4 nitrogen and oxygen atoms in total. The van der Waals surface area contributed by atoms with Crippen LogP contribution in [0.3, 0.4) is 0 Å². The molecule has 2 heterocycles. The van der Waals surface area contributed by atoms with E-state index in [4.69, 9.17) is 4.74 Å². The molecule has 0 saturated carbocycles. The van der Waals surface area contributed by atoms with Crippen LogP contribution in [0.15, 0.2) is 72.9 Å². The first-order valence-electron chi connectivity index (χ1n) is 11.2. The van der Waals surface area contributed by atoms with Crippen LogP contribution < -0.4 is 4.90 Å². The average molecular weight is 438 g/mol. The number of piperazine rings is 1. The van der Waals surface area contributed by atoms with E-state index in [1.165, 1.54) is 24.3 Å². The highest BCUT2D eigenvalue weighted by Crippen LogP contribution is 2.27. The van der Waals surface area contributed by atoms with E-state index in [0.717, 1.165) is 62.5 Å². The zero-order valence-electron chi connectivity index (χ0n) is 18.2. The third-order valence-electron chi connectivity index (χ3n) is 5.84. The van der Waals surface area contributed by atoms with Crippen molar-refractivity contribution in [2.24, 2.45) is 0 Å². The molecule has 0 unspecified atom stereocenters. The first kappa shape index (κ1) is 22.4. The minimum Gasteiger partial charge on any atom is -0.369 e. The fourth-order valence-electron chi connectivity index (χ4n) is 4.04. The Bertz CT molecular complexity index is 898. The first-order valence-corrected chi connectivity index (χ1v) is 11.2. The van der Waals surface area contributed by atoms with Crippen LogP contribution in [0.1, 0.15) is 30.1 Å². The molecule has 6 heteroatoms. The van der Waals surface area contributed by atoms with Gasteiger partial charge in [-0.3, -0.25) is 4.90 Å². The van der Waals surface area contributed by atoms with Crippen LogP contribution in [0.4, 0.5) is 14.6 Å². The molecule has 3 aromatic rings. The van der Waals surface area contributed by atoms with Gasteiger partial charge in [-0.2, -0.15) is 0 Å². The molecule has 1 saturated heterocycles. The molecule has 1 aromatic heterocycles. The lowest BCUT2D eigenvalue weighted by Gasteiger charge is -2.35. The molecule has 0 radical (unpaired) electrons. The highest BCUT2D eigenvalue weighted by molar-refractivity contribution is 5.38. The van der Waals surface area contributed by atoms with Gasteiger partial charge in [-0.1, -0.05) is 30.3 Å². The summed E-state index contributed by atoms with van der Waals surface area (Å²) in [5.74, 6) is 0.484. The highest BCUT2D eigenvalue weighted by atomic mass is 19.1.